The van der Waals surface area contributed by atoms with Gasteiger partial charge in [0, 0.05) is 18.9 Å². The molecule has 7 nitrogen and oxygen atoms in total. The molecule has 2 unspecified atom stereocenters. The van der Waals surface area contributed by atoms with Crippen molar-refractivity contribution in [2.24, 2.45) is 11.8 Å². The van der Waals surface area contributed by atoms with Gasteiger partial charge in [-0.05, 0) is 52.6 Å². The second-order valence-electron chi connectivity index (χ2n) is 8.66. The van der Waals surface area contributed by atoms with Crippen LogP contribution in [0.2, 0.25) is 0 Å². The average molecular weight is 471 g/mol. The Balaban J connectivity index is 1.61. The Labute approximate surface area is 197 Å². The van der Waals surface area contributed by atoms with Crippen LogP contribution >= 0.6 is 11.3 Å². The zero-order chi connectivity index (χ0) is 23.8. The van der Waals surface area contributed by atoms with Gasteiger partial charge in [0.05, 0.1) is 6.04 Å². The molecule has 3 rings (SSSR count). The summed E-state index contributed by atoms with van der Waals surface area (Å²) in [6.45, 7) is 4.05. The summed E-state index contributed by atoms with van der Waals surface area (Å²) in [4.78, 5) is 50.5. The van der Waals surface area contributed by atoms with Gasteiger partial charge in [-0.1, -0.05) is 44.2 Å². The number of fused-ring (bicyclic) bond motifs is 1. The molecule has 2 aromatic rings. The highest BCUT2D eigenvalue weighted by atomic mass is 32.1. The first-order valence-corrected chi connectivity index (χ1v) is 12.1. The minimum Gasteiger partial charge on any atom is -0.445 e. The fourth-order valence-corrected chi connectivity index (χ4v) is 4.82. The number of benzene rings is 1. The number of carbonyl (C=O) groups excluding carboxylic acids is 4. The van der Waals surface area contributed by atoms with E-state index in [1.807, 2.05) is 49.6 Å². The van der Waals surface area contributed by atoms with Crippen LogP contribution in [0.5, 0.6) is 0 Å². The third-order valence-electron chi connectivity index (χ3n) is 5.81. The predicted octanol–water partition coefficient (Wildman–Crippen LogP) is 3.80. The van der Waals surface area contributed by atoms with Crippen LogP contribution in [0.4, 0.5) is 4.79 Å². The topological polar surface area (TPSA) is 102 Å². The normalized spacial score (nSPS) is 17.6. The largest absolute Gasteiger partial charge is 0.445 e. The molecule has 0 fully saturated rings. The van der Waals surface area contributed by atoms with Crippen molar-refractivity contribution in [1.82, 2.24) is 10.6 Å². The molecular formula is C25H30N2O5S. The van der Waals surface area contributed by atoms with Crippen LogP contribution in [0, 0.1) is 11.8 Å². The number of amides is 2. The Morgan fingerprint density at radius 1 is 1.15 bits per heavy atom. The van der Waals surface area contributed by atoms with Crippen molar-refractivity contribution in [2.75, 3.05) is 0 Å². The number of nitrogens with one attached hydrogen (secondary N) is 2. The van der Waals surface area contributed by atoms with Crippen molar-refractivity contribution in [3.8, 4) is 0 Å². The third-order valence-corrected chi connectivity index (χ3v) is 6.65. The lowest BCUT2D eigenvalue weighted by atomic mass is 9.86. The Bertz CT molecular complexity index is 986. The van der Waals surface area contributed by atoms with Gasteiger partial charge in [-0.25, -0.2) is 4.79 Å². The molecule has 8 heteroatoms. The van der Waals surface area contributed by atoms with E-state index in [-0.39, 0.29) is 24.7 Å². The minimum atomic E-state index is -0.803. The van der Waals surface area contributed by atoms with Crippen molar-refractivity contribution < 1.29 is 23.9 Å². The number of ether oxygens (including phenoxy) is 1. The molecular weight excluding hydrogens is 440 g/mol. The molecule has 2 amide bonds. The van der Waals surface area contributed by atoms with Crippen LogP contribution < -0.4 is 10.6 Å². The number of hydrogen-bond acceptors (Lipinski definition) is 6. The van der Waals surface area contributed by atoms with Crippen LogP contribution in [0.1, 0.15) is 49.8 Å². The molecule has 1 aliphatic rings. The van der Waals surface area contributed by atoms with Crippen molar-refractivity contribution in [1.29, 1.82) is 0 Å². The van der Waals surface area contributed by atoms with Crippen LogP contribution in [0.15, 0.2) is 41.1 Å². The number of carbonyl (C=O) groups is 4. The number of hydrogen-bond donors (Lipinski definition) is 2. The van der Waals surface area contributed by atoms with Gasteiger partial charge >= 0.3 is 6.09 Å². The van der Waals surface area contributed by atoms with Crippen molar-refractivity contribution in [2.45, 2.75) is 58.7 Å². The van der Waals surface area contributed by atoms with E-state index in [1.54, 1.807) is 11.3 Å². The number of ketones is 2. The van der Waals surface area contributed by atoms with E-state index in [4.69, 9.17) is 4.74 Å². The molecule has 0 radical (unpaired) electrons. The Morgan fingerprint density at radius 2 is 1.88 bits per heavy atom. The van der Waals surface area contributed by atoms with Crippen molar-refractivity contribution in [3.05, 3.63) is 57.8 Å². The molecule has 2 N–H and O–H groups in total. The molecule has 0 aliphatic carbocycles. The molecule has 0 saturated carbocycles. The average Bonchev–Trinajstić information content (AvgIpc) is 3.25. The first-order chi connectivity index (χ1) is 15.8. The van der Waals surface area contributed by atoms with Crippen molar-refractivity contribution >= 4 is 34.9 Å². The summed E-state index contributed by atoms with van der Waals surface area (Å²) in [6, 6.07) is 8.45. The molecule has 0 bridgehead atoms. The second-order valence-corrected chi connectivity index (χ2v) is 9.40. The van der Waals surface area contributed by atoms with Gasteiger partial charge in [-0.3, -0.25) is 14.4 Å². The van der Waals surface area contributed by atoms with E-state index < -0.39 is 29.7 Å². The van der Waals surface area contributed by atoms with Gasteiger partial charge in [0.25, 0.3) is 5.91 Å². The molecule has 1 aliphatic heterocycles. The van der Waals surface area contributed by atoms with E-state index in [2.05, 4.69) is 16.0 Å². The fourth-order valence-electron chi connectivity index (χ4n) is 3.92. The summed E-state index contributed by atoms with van der Waals surface area (Å²) in [7, 11) is 0. The van der Waals surface area contributed by atoms with Gasteiger partial charge < -0.3 is 15.4 Å². The highest BCUT2D eigenvalue weighted by Gasteiger charge is 2.32. The van der Waals surface area contributed by atoms with Crippen LogP contribution in [-0.4, -0.2) is 29.6 Å². The van der Waals surface area contributed by atoms with E-state index in [0.29, 0.717) is 19.4 Å². The minimum absolute atomic E-state index is 0.0927. The molecule has 1 aromatic heterocycles. The Hall–Kier alpha value is -3.00. The van der Waals surface area contributed by atoms with E-state index in [0.717, 1.165) is 17.5 Å². The lowest BCUT2D eigenvalue weighted by Gasteiger charge is -2.23. The van der Waals surface area contributed by atoms with Crippen molar-refractivity contribution in [3.63, 3.8) is 0 Å². The maximum Gasteiger partial charge on any atom is 0.408 e. The summed E-state index contributed by atoms with van der Waals surface area (Å²) >= 11 is 1.57. The Kier molecular flexibility index (Phi) is 8.77. The van der Waals surface area contributed by atoms with Gasteiger partial charge in [0.15, 0.2) is 5.78 Å². The molecule has 2 atom stereocenters. The second kappa shape index (κ2) is 11.7. The quantitative estimate of drug-likeness (QED) is 0.600. The first-order valence-electron chi connectivity index (χ1n) is 11.2. The zero-order valence-corrected chi connectivity index (χ0v) is 19.8. The number of aryl methyl sites for hydroxylation is 1. The molecule has 0 spiro atoms. The summed E-state index contributed by atoms with van der Waals surface area (Å²) in [5.74, 6) is -2.42. The SMILES string of the molecule is CC(C)C(NC(=O)OCc1ccccc1)C(=O)CC1CCCc2cscc2CNC(=O)C1=O. The molecule has 1 aromatic carbocycles. The van der Waals surface area contributed by atoms with Gasteiger partial charge in [0.1, 0.15) is 6.61 Å². The van der Waals surface area contributed by atoms with Gasteiger partial charge in [0.2, 0.25) is 5.78 Å². The highest BCUT2D eigenvalue weighted by molar-refractivity contribution is 7.08. The number of thiophene rings is 1. The highest BCUT2D eigenvalue weighted by Crippen LogP contribution is 2.23. The van der Waals surface area contributed by atoms with Crippen LogP contribution in [0.3, 0.4) is 0 Å². The summed E-state index contributed by atoms with van der Waals surface area (Å²) < 4.78 is 5.25. The zero-order valence-electron chi connectivity index (χ0n) is 19.0. The summed E-state index contributed by atoms with van der Waals surface area (Å²) in [5, 5.41) is 9.37. The van der Waals surface area contributed by atoms with Crippen LogP contribution in [-0.2, 0) is 38.7 Å². The third kappa shape index (κ3) is 6.99. The monoisotopic (exact) mass is 470 g/mol. The van der Waals surface area contributed by atoms with E-state index >= 15 is 0 Å². The molecule has 33 heavy (non-hydrogen) atoms. The maximum atomic E-state index is 13.1. The maximum absolute atomic E-state index is 13.1. The summed E-state index contributed by atoms with van der Waals surface area (Å²) in [6.07, 6.45) is 1.16. The van der Waals surface area contributed by atoms with Crippen LogP contribution in [0.25, 0.3) is 0 Å². The smallest absolute Gasteiger partial charge is 0.408 e. The van der Waals surface area contributed by atoms with Gasteiger partial charge in [-0.15, -0.1) is 0 Å². The standard InChI is InChI=1S/C25H30N2O5S/c1-16(2)22(27-25(31)32-13-17-7-4-3-5-8-17)21(28)11-18-9-6-10-19-14-33-15-20(19)12-26-24(30)23(18)29/h3-5,7-8,14-16,18,22H,6,9-13H2,1-2H3,(H,26,30)(H,27,31). The van der Waals surface area contributed by atoms with E-state index in [9.17, 15) is 19.2 Å². The van der Waals surface area contributed by atoms with E-state index in [1.165, 1.54) is 5.56 Å². The predicted molar refractivity (Wildman–Crippen MR) is 126 cm³/mol. The fraction of sp³-hybridized carbons (Fsp3) is 0.440. The first kappa shape index (κ1) is 24.6. The lowest BCUT2D eigenvalue weighted by molar-refractivity contribution is -0.141. The molecule has 2 heterocycles. The molecule has 0 saturated heterocycles. The molecule has 176 valence electrons. The van der Waals surface area contributed by atoms with Gasteiger partial charge in [-0.2, -0.15) is 11.3 Å². The summed E-state index contributed by atoms with van der Waals surface area (Å²) in [5.41, 5.74) is 3.04. The number of Topliss-reactive ketones (excluding diaryl/α,β-unsaturated/α-hetero) is 2. The lowest BCUT2D eigenvalue weighted by Crippen LogP contribution is -2.46. The number of alkyl carbamates (subject to hydrolysis) is 1. The Morgan fingerprint density at radius 3 is 2.61 bits per heavy atom. The number of rotatable bonds is 7.